The summed E-state index contributed by atoms with van der Waals surface area (Å²) in [5.41, 5.74) is 3.78. The fraction of sp³-hybridized carbons (Fsp3) is 0.333. The van der Waals surface area contributed by atoms with Crippen LogP contribution in [0.25, 0.3) is 0 Å². The average molecular weight is 274 g/mol. The largest absolute Gasteiger partial charge is 0.336 e. The normalized spacial score (nSPS) is 14.3. The Kier molecular flexibility index (Phi) is 3.38. The highest BCUT2D eigenvalue weighted by Crippen LogP contribution is 2.23. The molecule has 0 atom stereocenters. The van der Waals surface area contributed by atoms with Crippen molar-refractivity contribution in [2.45, 2.75) is 26.3 Å². The van der Waals surface area contributed by atoms with Crippen molar-refractivity contribution in [1.29, 1.82) is 0 Å². The first-order valence-corrected chi connectivity index (χ1v) is 6.99. The third-order valence-corrected chi connectivity index (χ3v) is 3.71. The summed E-state index contributed by atoms with van der Waals surface area (Å²) in [4.78, 5) is 11.1. The van der Waals surface area contributed by atoms with Gasteiger partial charge in [-0.3, -0.25) is 0 Å². The van der Waals surface area contributed by atoms with Crippen LogP contribution in [0.4, 0.5) is 5.95 Å². The molecule has 0 radical (unpaired) electrons. The van der Waals surface area contributed by atoms with E-state index in [9.17, 15) is 0 Å². The zero-order chi connectivity index (χ0) is 13.2. The first-order valence-electron chi connectivity index (χ1n) is 6.61. The van der Waals surface area contributed by atoms with Crippen LogP contribution in [0.3, 0.4) is 0 Å². The summed E-state index contributed by atoms with van der Waals surface area (Å²) >= 11 is 6.07. The maximum Gasteiger partial charge on any atom is 0.227 e. The molecular formula is C15H16ClN3. The smallest absolute Gasteiger partial charge is 0.227 e. The highest BCUT2D eigenvalue weighted by Gasteiger charge is 2.18. The van der Waals surface area contributed by atoms with Gasteiger partial charge < -0.3 is 4.90 Å². The zero-order valence-corrected chi connectivity index (χ0v) is 11.7. The van der Waals surface area contributed by atoms with Gasteiger partial charge in [-0.25, -0.2) is 9.97 Å². The Morgan fingerprint density at radius 3 is 2.79 bits per heavy atom. The minimum Gasteiger partial charge on any atom is -0.336 e. The Morgan fingerprint density at radius 1 is 1.21 bits per heavy atom. The lowest BCUT2D eigenvalue weighted by Crippen LogP contribution is -2.31. The van der Waals surface area contributed by atoms with Gasteiger partial charge in [0.15, 0.2) is 0 Å². The molecule has 0 N–H and O–H groups in total. The van der Waals surface area contributed by atoms with Gasteiger partial charge >= 0.3 is 0 Å². The third kappa shape index (κ3) is 2.56. The molecule has 1 aliphatic rings. The molecule has 0 fully saturated rings. The van der Waals surface area contributed by atoms with Crippen LogP contribution in [-0.2, 0) is 19.4 Å². The molecule has 0 spiro atoms. The summed E-state index contributed by atoms with van der Waals surface area (Å²) in [6, 6.07) is 10.4. The number of fused-ring (bicyclic) bond motifs is 1. The molecule has 0 amide bonds. The van der Waals surface area contributed by atoms with Crippen LogP contribution < -0.4 is 4.90 Å². The lowest BCUT2D eigenvalue weighted by atomic mass is 10.0. The second kappa shape index (κ2) is 5.17. The molecule has 2 heterocycles. The number of hydrogen-bond donors (Lipinski definition) is 0. The van der Waals surface area contributed by atoms with Crippen LogP contribution in [0, 0.1) is 0 Å². The van der Waals surface area contributed by atoms with Crippen molar-refractivity contribution in [2.75, 3.05) is 11.4 Å². The van der Waals surface area contributed by atoms with Crippen molar-refractivity contribution in [3.63, 3.8) is 0 Å². The quantitative estimate of drug-likeness (QED) is 0.787. The van der Waals surface area contributed by atoms with Gasteiger partial charge in [-0.2, -0.15) is 0 Å². The number of halogens is 1. The predicted octanol–water partition coefficient (Wildman–Crippen LogP) is 3.26. The third-order valence-electron chi connectivity index (χ3n) is 3.51. The zero-order valence-electron chi connectivity index (χ0n) is 10.9. The molecule has 0 unspecified atom stereocenters. The molecule has 4 heteroatoms. The van der Waals surface area contributed by atoms with Crippen LogP contribution in [0.5, 0.6) is 0 Å². The van der Waals surface area contributed by atoms with Gasteiger partial charge in [-0.15, -0.1) is 0 Å². The van der Waals surface area contributed by atoms with Crippen molar-refractivity contribution in [3.8, 4) is 0 Å². The molecule has 1 aliphatic heterocycles. The van der Waals surface area contributed by atoms with Crippen molar-refractivity contribution in [3.05, 3.63) is 52.3 Å². The fourth-order valence-corrected chi connectivity index (χ4v) is 2.64. The Bertz CT molecular complexity index is 598. The molecule has 0 saturated heterocycles. The van der Waals surface area contributed by atoms with E-state index in [1.807, 2.05) is 6.07 Å². The van der Waals surface area contributed by atoms with E-state index in [0.29, 0.717) is 5.15 Å². The SMILES string of the molecule is CCc1cc(Cl)nc(N2CCc3ccccc3C2)n1. The highest BCUT2D eigenvalue weighted by atomic mass is 35.5. The molecule has 2 aromatic rings. The van der Waals surface area contributed by atoms with E-state index < -0.39 is 0 Å². The van der Waals surface area contributed by atoms with Crippen molar-refractivity contribution in [2.24, 2.45) is 0 Å². The first kappa shape index (κ1) is 12.4. The molecule has 0 aliphatic carbocycles. The Balaban J connectivity index is 1.90. The second-order valence-corrected chi connectivity index (χ2v) is 5.16. The van der Waals surface area contributed by atoms with Gasteiger partial charge in [0.25, 0.3) is 0 Å². The topological polar surface area (TPSA) is 29.0 Å². The predicted molar refractivity (Wildman–Crippen MR) is 77.6 cm³/mol. The standard InChI is InChI=1S/C15H16ClN3/c1-2-13-9-14(16)18-15(17-13)19-8-7-11-5-3-4-6-12(11)10-19/h3-6,9H,2,7-8,10H2,1H3. The van der Waals surface area contributed by atoms with E-state index in [2.05, 4.69) is 46.1 Å². The molecule has 3 nitrogen and oxygen atoms in total. The number of aryl methyl sites for hydroxylation is 1. The van der Waals surface area contributed by atoms with E-state index in [-0.39, 0.29) is 0 Å². The molecule has 0 saturated carbocycles. The van der Waals surface area contributed by atoms with Crippen LogP contribution in [0.15, 0.2) is 30.3 Å². The lowest BCUT2D eigenvalue weighted by Gasteiger charge is -2.29. The maximum atomic E-state index is 6.07. The van der Waals surface area contributed by atoms with Gasteiger partial charge in [-0.1, -0.05) is 42.8 Å². The van der Waals surface area contributed by atoms with Gasteiger partial charge in [-0.05, 0) is 30.0 Å². The maximum absolute atomic E-state index is 6.07. The highest BCUT2D eigenvalue weighted by molar-refractivity contribution is 6.29. The van der Waals surface area contributed by atoms with E-state index in [1.165, 1.54) is 11.1 Å². The number of rotatable bonds is 2. The summed E-state index contributed by atoms with van der Waals surface area (Å²) in [5, 5.41) is 0.528. The Hall–Kier alpha value is -1.61. The van der Waals surface area contributed by atoms with Crippen molar-refractivity contribution >= 4 is 17.5 Å². The summed E-state index contributed by atoms with van der Waals surface area (Å²) in [7, 11) is 0. The number of aromatic nitrogens is 2. The average Bonchev–Trinajstić information content (AvgIpc) is 2.46. The first-order chi connectivity index (χ1) is 9.26. The van der Waals surface area contributed by atoms with Gasteiger partial charge in [0, 0.05) is 18.8 Å². The van der Waals surface area contributed by atoms with E-state index >= 15 is 0 Å². The Labute approximate surface area is 118 Å². The van der Waals surface area contributed by atoms with Gasteiger partial charge in [0.05, 0.1) is 0 Å². The monoisotopic (exact) mass is 273 g/mol. The van der Waals surface area contributed by atoms with Crippen molar-refractivity contribution in [1.82, 2.24) is 9.97 Å². The second-order valence-electron chi connectivity index (χ2n) is 4.78. The van der Waals surface area contributed by atoms with E-state index in [1.54, 1.807) is 0 Å². The molecule has 98 valence electrons. The van der Waals surface area contributed by atoms with Crippen molar-refractivity contribution < 1.29 is 0 Å². The summed E-state index contributed by atoms with van der Waals surface area (Å²) < 4.78 is 0. The van der Waals surface area contributed by atoms with Gasteiger partial charge in [0.1, 0.15) is 5.15 Å². The summed E-state index contributed by atoms with van der Waals surface area (Å²) in [5.74, 6) is 0.749. The number of benzene rings is 1. The van der Waals surface area contributed by atoms with Crippen LogP contribution in [-0.4, -0.2) is 16.5 Å². The number of nitrogens with zero attached hydrogens (tertiary/aromatic N) is 3. The van der Waals surface area contributed by atoms with Crippen LogP contribution >= 0.6 is 11.6 Å². The van der Waals surface area contributed by atoms with E-state index in [0.717, 1.165) is 37.6 Å². The molecule has 1 aromatic carbocycles. The molecule has 1 aromatic heterocycles. The molecule has 0 bridgehead atoms. The number of hydrogen-bond acceptors (Lipinski definition) is 3. The fourth-order valence-electron chi connectivity index (χ4n) is 2.44. The minimum absolute atomic E-state index is 0.528. The van der Waals surface area contributed by atoms with Gasteiger partial charge in [0.2, 0.25) is 5.95 Å². The molecule has 19 heavy (non-hydrogen) atoms. The Morgan fingerprint density at radius 2 is 2.00 bits per heavy atom. The van der Waals surface area contributed by atoms with Crippen LogP contribution in [0.2, 0.25) is 5.15 Å². The minimum atomic E-state index is 0.528. The van der Waals surface area contributed by atoms with Crippen LogP contribution in [0.1, 0.15) is 23.7 Å². The summed E-state index contributed by atoms with van der Waals surface area (Å²) in [6.45, 7) is 3.88. The molecular weight excluding hydrogens is 258 g/mol. The van der Waals surface area contributed by atoms with E-state index in [4.69, 9.17) is 11.6 Å². The number of anilines is 1. The summed E-state index contributed by atoms with van der Waals surface area (Å²) in [6.07, 6.45) is 1.91. The molecule has 3 rings (SSSR count). The lowest BCUT2D eigenvalue weighted by molar-refractivity contribution is 0.704.